The molecule has 0 radical (unpaired) electrons. The van der Waals surface area contributed by atoms with Crippen LogP contribution in [0.4, 0.5) is 5.69 Å². The van der Waals surface area contributed by atoms with Crippen molar-refractivity contribution in [2.24, 2.45) is 0 Å². The minimum atomic E-state index is -0.787. The van der Waals surface area contributed by atoms with Crippen LogP contribution in [0.25, 0.3) is 21.9 Å². The molecule has 0 bridgehead atoms. The molecule has 0 spiro atoms. The molecule has 4 rings (SSSR count). The fourth-order valence-corrected chi connectivity index (χ4v) is 3.41. The fourth-order valence-electron chi connectivity index (χ4n) is 3.41. The highest BCUT2D eigenvalue weighted by Gasteiger charge is 2.20. The maximum atomic E-state index is 12.9. The summed E-state index contributed by atoms with van der Waals surface area (Å²) < 4.78 is 10.6. The monoisotopic (exact) mass is 389 g/mol. The second kappa shape index (κ2) is 7.39. The van der Waals surface area contributed by atoms with Crippen molar-refractivity contribution in [2.45, 2.75) is 13.8 Å². The first kappa shape index (κ1) is 18.7. The summed E-state index contributed by atoms with van der Waals surface area (Å²) in [4.78, 5) is 39.8. The highest BCUT2D eigenvalue weighted by Crippen LogP contribution is 2.23. The van der Waals surface area contributed by atoms with Crippen molar-refractivity contribution in [3.8, 4) is 0 Å². The van der Waals surface area contributed by atoms with Gasteiger partial charge in [0, 0.05) is 35.6 Å². The molecule has 0 saturated heterocycles. The van der Waals surface area contributed by atoms with Crippen LogP contribution in [0.3, 0.4) is 0 Å². The third-order valence-electron chi connectivity index (χ3n) is 4.98. The van der Waals surface area contributed by atoms with Gasteiger partial charge in [0.25, 0.3) is 0 Å². The Labute approximate surface area is 166 Å². The Morgan fingerprint density at radius 1 is 0.793 bits per heavy atom. The van der Waals surface area contributed by atoms with E-state index in [-0.39, 0.29) is 11.1 Å². The van der Waals surface area contributed by atoms with Gasteiger partial charge >= 0.3 is 11.3 Å². The number of hydrogen-bond acceptors (Lipinski definition) is 6. The molecule has 146 valence electrons. The Morgan fingerprint density at radius 2 is 1.38 bits per heavy atom. The summed E-state index contributed by atoms with van der Waals surface area (Å²) in [5, 5.41) is 1.21. The van der Waals surface area contributed by atoms with E-state index in [0.29, 0.717) is 21.9 Å². The Morgan fingerprint density at radius 3 is 2.03 bits per heavy atom. The average molecular weight is 389 g/mol. The van der Waals surface area contributed by atoms with Crippen LogP contribution in [0.2, 0.25) is 0 Å². The third kappa shape index (κ3) is 3.33. The Bertz CT molecular complexity index is 1340. The standard InChI is InChI=1S/C23H19NO5/c1-3-24(4-2)16-10-9-15-12-18(23(27)29-20(15)13-16)21(25)17-11-14-7-5-6-8-19(14)28-22(17)26/h5-13H,3-4H2,1-2H3. The average Bonchev–Trinajstić information content (AvgIpc) is 2.73. The number of fused-ring (bicyclic) bond motifs is 2. The molecule has 0 aliphatic rings. The second-order valence-corrected chi connectivity index (χ2v) is 6.66. The Kier molecular flexibility index (Phi) is 4.76. The van der Waals surface area contributed by atoms with Crippen molar-refractivity contribution in [3.63, 3.8) is 0 Å². The van der Waals surface area contributed by atoms with Gasteiger partial charge in [-0.3, -0.25) is 4.79 Å². The number of ketones is 1. The van der Waals surface area contributed by atoms with Gasteiger partial charge < -0.3 is 13.7 Å². The van der Waals surface area contributed by atoms with Gasteiger partial charge in [0.2, 0.25) is 5.78 Å². The molecular formula is C23H19NO5. The van der Waals surface area contributed by atoms with E-state index in [1.807, 2.05) is 19.9 Å². The molecule has 0 fully saturated rings. The fraction of sp³-hybridized carbons (Fsp3) is 0.174. The molecule has 0 aliphatic heterocycles. The van der Waals surface area contributed by atoms with Crippen LogP contribution < -0.4 is 16.2 Å². The van der Waals surface area contributed by atoms with Crippen molar-refractivity contribution < 1.29 is 13.6 Å². The lowest BCUT2D eigenvalue weighted by atomic mass is 10.0. The zero-order valence-corrected chi connectivity index (χ0v) is 16.1. The van der Waals surface area contributed by atoms with Gasteiger partial charge in [-0.05, 0) is 44.2 Å². The first-order chi connectivity index (χ1) is 14.0. The van der Waals surface area contributed by atoms with Crippen LogP contribution in [0, 0.1) is 0 Å². The number of para-hydroxylation sites is 1. The van der Waals surface area contributed by atoms with E-state index >= 15 is 0 Å². The van der Waals surface area contributed by atoms with Crippen molar-refractivity contribution in [1.29, 1.82) is 0 Å². The molecule has 0 amide bonds. The molecule has 2 aromatic carbocycles. The summed E-state index contributed by atoms with van der Waals surface area (Å²) in [5.74, 6) is -0.715. The molecule has 4 aromatic rings. The molecule has 0 N–H and O–H groups in total. The van der Waals surface area contributed by atoms with Gasteiger partial charge in [0.1, 0.15) is 22.3 Å². The summed E-state index contributed by atoms with van der Waals surface area (Å²) in [7, 11) is 0. The largest absolute Gasteiger partial charge is 0.422 e. The molecule has 6 nitrogen and oxygen atoms in total. The number of benzene rings is 2. The topological polar surface area (TPSA) is 80.7 Å². The molecule has 29 heavy (non-hydrogen) atoms. The van der Waals surface area contributed by atoms with Crippen LogP contribution in [0.15, 0.2) is 73.0 Å². The normalized spacial score (nSPS) is 11.1. The number of anilines is 1. The molecule has 2 heterocycles. The smallest absolute Gasteiger partial charge is 0.347 e. The van der Waals surface area contributed by atoms with Crippen LogP contribution in [0.5, 0.6) is 0 Å². The molecule has 0 saturated carbocycles. The van der Waals surface area contributed by atoms with E-state index in [2.05, 4.69) is 4.90 Å². The summed E-state index contributed by atoms with van der Waals surface area (Å²) in [5.41, 5.74) is -0.271. The van der Waals surface area contributed by atoms with Crippen molar-refractivity contribution in [1.82, 2.24) is 0 Å². The Hall–Kier alpha value is -3.67. The summed E-state index contributed by atoms with van der Waals surface area (Å²) >= 11 is 0. The predicted molar refractivity (Wildman–Crippen MR) is 112 cm³/mol. The van der Waals surface area contributed by atoms with E-state index in [0.717, 1.165) is 18.8 Å². The van der Waals surface area contributed by atoms with Crippen molar-refractivity contribution in [2.75, 3.05) is 18.0 Å². The van der Waals surface area contributed by atoms with Gasteiger partial charge in [0.05, 0.1) is 0 Å². The lowest BCUT2D eigenvalue weighted by Crippen LogP contribution is -2.22. The van der Waals surface area contributed by atoms with Gasteiger partial charge in [0.15, 0.2) is 0 Å². The zero-order chi connectivity index (χ0) is 20.5. The second-order valence-electron chi connectivity index (χ2n) is 6.66. The van der Waals surface area contributed by atoms with Crippen LogP contribution >= 0.6 is 0 Å². The minimum Gasteiger partial charge on any atom is -0.422 e. The molecule has 2 aromatic heterocycles. The lowest BCUT2D eigenvalue weighted by molar-refractivity contribution is 0.103. The third-order valence-corrected chi connectivity index (χ3v) is 4.98. The van der Waals surface area contributed by atoms with Gasteiger partial charge in [-0.2, -0.15) is 0 Å². The van der Waals surface area contributed by atoms with Gasteiger partial charge in [-0.15, -0.1) is 0 Å². The highest BCUT2D eigenvalue weighted by atomic mass is 16.4. The number of carbonyl (C=O) groups is 1. The Balaban J connectivity index is 1.82. The maximum absolute atomic E-state index is 12.9. The lowest BCUT2D eigenvalue weighted by Gasteiger charge is -2.20. The number of rotatable bonds is 5. The highest BCUT2D eigenvalue weighted by molar-refractivity contribution is 6.10. The summed E-state index contributed by atoms with van der Waals surface area (Å²) in [6.45, 7) is 5.72. The van der Waals surface area contributed by atoms with Crippen LogP contribution in [-0.2, 0) is 0 Å². The predicted octanol–water partition coefficient (Wildman–Crippen LogP) is 3.98. The SMILES string of the molecule is CCN(CC)c1ccc2cc(C(=O)c3cc4ccccc4oc3=O)c(=O)oc2c1. The van der Waals surface area contributed by atoms with Crippen LogP contribution in [-0.4, -0.2) is 18.9 Å². The van der Waals surface area contributed by atoms with Gasteiger partial charge in [-0.1, -0.05) is 18.2 Å². The number of carbonyl (C=O) groups excluding carboxylic acids is 1. The summed E-state index contributed by atoms with van der Waals surface area (Å²) in [6, 6.07) is 15.3. The van der Waals surface area contributed by atoms with E-state index in [9.17, 15) is 14.4 Å². The minimum absolute atomic E-state index is 0.198. The summed E-state index contributed by atoms with van der Waals surface area (Å²) in [6.07, 6.45) is 0. The molecule has 0 unspecified atom stereocenters. The van der Waals surface area contributed by atoms with Gasteiger partial charge in [-0.25, -0.2) is 9.59 Å². The molecular weight excluding hydrogens is 370 g/mol. The maximum Gasteiger partial charge on any atom is 0.347 e. The van der Waals surface area contributed by atoms with E-state index in [4.69, 9.17) is 8.83 Å². The number of hydrogen-bond donors (Lipinski definition) is 0. The first-order valence-electron chi connectivity index (χ1n) is 9.42. The zero-order valence-electron chi connectivity index (χ0n) is 16.1. The quantitative estimate of drug-likeness (QED) is 0.379. The van der Waals surface area contributed by atoms with Crippen LogP contribution in [0.1, 0.15) is 29.8 Å². The molecule has 0 aliphatic carbocycles. The van der Waals surface area contributed by atoms with E-state index in [1.165, 1.54) is 12.1 Å². The van der Waals surface area contributed by atoms with E-state index in [1.54, 1.807) is 36.4 Å². The number of nitrogens with zero attached hydrogens (tertiary/aromatic N) is 1. The molecule has 0 atom stereocenters. The van der Waals surface area contributed by atoms with E-state index < -0.39 is 17.0 Å². The first-order valence-corrected chi connectivity index (χ1v) is 9.42. The van der Waals surface area contributed by atoms with Crippen molar-refractivity contribution in [3.05, 3.63) is 86.6 Å². The molecule has 6 heteroatoms. The van der Waals surface area contributed by atoms with Crippen molar-refractivity contribution >= 4 is 33.4 Å².